The Balaban J connectivity index is 1.69. The van der Waals surface area contributed by atoms with Crippen LogP contribution in [-0.2, 0) is 4.74 Å². The average molecular weight is 298 g/mol. The summed E-state index contributed by atoms with van der Waals surface area (Å²) in [4.78, 5) is 0. The number of benzene rings is 1. The van der Waals surface area contributed by atoms with E-state index in [1.165, 1.54) is 12.8 Å². The first-order valence-corrected chi connectivity index (χ1v) is 7.82. The van der Waals surface area contributed by atoms with E-state index in [9.17, 15) is 5.11 Å². The molecule has 1 fully saturated rings. The van der Waals surface area contributed by atoms with Crippen molar-refractivity contribution < 1.29 is 9.84 Å². The quantitative estimate of drug-likeness (QED) is 0.811. The highest BCUT2D eigenvalue weighted by Gasteiger charge is 2.17. The van der Waals surface area contributed by atoms with Gasteiger partial charge in [0.05, 0.1) is 18.8 Å². The van der Waals surface area contributed by atoms with Crippen LogP contribution in [0.4, 0.5) is 0 Å². The lowest BCUT2D eigenvalue weighted by atomic mass is 10.1. The van der Waals surface area contributed by atoms with Gasteiger partial charge in [0.1, 0.15) is 0 Å². The lowest BCUT2D eigenvalue weighted by Gasteiger charge is -2.20. The van der Waals surface area contributed by atoms with Gasteiger partial charge in [-0.15, -0.1) is 0 Å². The van der Waals surface area contributed by atoms with Crippen LogP contribution in [0, 0.1) is 0 Å². The van der Waals surface area contributed by atoms with Gasteiger partial charge >= 0.3 is 0 Å². The summed E-state index contributed by atoms with van der Waals surface area (Å²) in [7, 11) is 0. The molecule has 2 rings (SSSR count). The third-order valence-electron chi connectivity index (χ3n) is 3.86. The summed E-state index contributed by atoms with van der Waals surface area (Å²) in [6.45, 7) is 2.97. The molecule has 4 heteroatoms. The Morgan fingerprint density at radius 3 is 2.75 bits per heavy atom. The van der Waals surface area contributed by atoms with Crippen LogP contribution in [0.1, 0.15) is 44.2 Å². The van der Waals surface area contributed by atoms with Crippen LogP contribution in [0.15, 0.2) is 24.3 Å². The molecular weight excluding hydrogens is 274 g/mol. The van der Waals surface area contributed by atoms with Gasteiger partial charge < -0.3 is 15.2 Å². The second-order valence-electron chi connectivity index (χ2n) is 5.55. The van der Waals surface area contributed by atoms with Crippen molar-refractivity contribution >= 4 is 11.6 Å². The maximum atomic E-state index is 9.95. The number of rotatable bonds is 7. The molecule has 112 valence electrons. The fourth-order valence-corrected chi connectivity index (χ4v) is 2.91. The second-order valence-corrected chi connectivity index (χ2v) is 5.95. The van der Waals surface area contributed by atoms with Gasteiger partial charge in [0.2, 0.25) is 0 Å². The van der Waals surface area contributed by atoms with Gasteiger partial charge in [-0.3, -0.25) is 0 Å². The zero-order valence-electron chi connectivity index (χ0n) is 12.0. The van der Waals surface area contributed by atoms with Crippen molar-refractivity contribution in [2.75, 3.05) is 13.2 Å². The van der Waals surface area contributed by atoms with E-state index in [2.05, 4.69) is 5.32 Å². The van der Waals surface area contributed by atoms with Crippen LogP contribution in [0.25, 0.3) is 0 Å². The minimum absolute atomic E-state index is 0.116. The van der Waals surface area contributed by atoms with Crippen molar-refractivity contribution in [1.29, 1.82) is 0 Å². The summed E-state index contributed by atoms with van der Waals surface area (Å²) >= 11 is 6.15. The zero-order chi connectivity index (χ0) is 14.4. The Hall–Kier alpha value is -0.610. The van der Waals surface area contributed by atoms with E-state index in [0.717, 1.165) is 23.4 Å². The normalized spacial score (nSPS) is 19.1. The fourth-order valence-electron chi connectivity index (χ4n) is 2.61. The summed E-state index contributed by atoms with van der Waals surface area (Å²) in [5.41, 5.74) is 1.05. The number of nitrogens with one attached hydrogen (secondary N) is 1. The number of hydrogen-bond donors (Lipinski definition) is 2. The number of aliphatic hydroxyl groups excluding tert-OH is 1. The first-order chi connectivity index (χ1) is 9.66. The molecule has 20 heavy (non-hydrogen) atoms. The highest BCUT2D eigenvalue weighted by Crippen LogP contribution is 2.22. The highest BCUT2D eigenvalue weighted by molar-refractivity contribution is 6.31. The van der Waals surface area contributed by atoms with E-state index in [4.69, 9.17) is 16.3 Å². The Morgan fingerprint density at radius 1 is 1.35 bits per heavy atom. The van der Waals surface area contributed by atoms with Crippen LogP contribution in [-0.4, -0.2) is 30.5 Å². The first kappa shape index (κ1) is 15.8. The molecule has 1 saturated carbocycles. The van der Waals surface area contributed by atoms with Gasteiger partial charge in [-0.1, -0.05) is 42.6 Å². The van der Waals surface area contributed by atoms with Crippen LogP contribution in [0.3, 0.4) is 0 Å². The smallest absolute Gasteiger partial charge is 0.0898 e. The summed E-state index contributed by atoms with van der Waals surface area (Å²) in [5.74, 6) is 0. The maximum absolute atomic E-state index is 9.95. The molecule has 1 aromatic carbocycles. The molecule has 1 aliphatic rings. The lowest BCUT2D eigenvalue weighted by molar-refractivity contribution is -0.00610. The zero-order valence-corrected chi connectivity index (χ0v) is 12.8. The van der Waals surface area contributed by atoms with Crippen LogP contribution >= 0.6 is 11.6 Å². The molecule has 0 aromatic heterocycles. The molecule has 0 bridgehead atoms. The summed E-state index contributed by atoms with van der Waals surface area (Å²) in [6.07, 6.45) is 4.66. The standard InChI is InChI=1S/C16H24ClNO2/c1-12(15-8-4-5-9-16(15)17)18-10-13(19)11-20-14-6-2-3-7-14/h4-5,8-9,12-14,18-19H,2-3,6-7,10-11H2,1H3/t12-,13?/m0/s1. The molecule has 0 radical (unpaired) electrons. The van der Waals surface area contributed by atoms with Crippen molar-refractivity contribution in [3.8, 4) is 0 Å². The third-order valence-corrected chi connectivity index (χ3v) is 4.20. The lowest BCUT2D eigenvalue weighted by Crippen LogP contribution is -2.33. The Morgan fingerprint density at radius 2 is 2.05 bits per heavy atom. The minimum atomic E-state index is -0.472. The largest absolute Gasteiger partial charge is 0.389 e. The highest BCUT2D eigenvalue weighted by atomic mass is 35.5. The van der Waals surface area contributed by atoms with Gasteiger partial charge in [0.25, 0.3) is 0 Å². The minimum Gasteiger partial charge on any atom is -0.389 e. The molecule has 1 aromatic rings. The molecule has 3 nitrogen and oxygen atoms in total. The van der Waals surface area contributed by atoms with E-state index in [1.54, 1.807) is 0 Å². The second kappa shape index (κ2) is 7.99. The van der Waals surface area contributed by atoms with E-state index < -0.39 is 6.10 Å². The van der Waals surface area contributed by atoms with Crippen LogP contribution in [0.5, 0.6) is 0 Å². The van der Waals surface area contributed by atoms with Gasteiger partial charge in [-0.25, -0.2) is 0 Å². The topological polar surface area (TPSA) is 41.5 Å². The van der Waals surface area contributed by atoms with Gasteiger partial charge in [0.15, 0.2) is 0 Å². The molecule has 2 atom stereocenters. The predicted octanol–water partition coefficient (Wildman–Crippen LogP) is 3.31. The molecule has 1 unspecified atom stereocenters. The third kappa shape index (κ3) is 4.74. The molecule has 1 aliphatic carbocycles. The van der Waals surface area contributed by atoms with E-state index in [-0.39, 0.29) is 6.04 Å². The van der Waals surface area contributed by atoms with Crippen LogP contribution < -0.4 is 5.32 Å². The van der Waals surface area contributed by atoms with Gasteiger partial charge in [0, 0.05) is 17.6 Å². The maximum Gasteiger partial charge on any atom is 0.0898 e. The molecule has 0 amide bonds. The molecule has 0 aliphatic heterocycles. The van der Waals surface area contributed by atoms with Crippen molar-refractivity contribution in [2.24, 2.45) is 0 Å². The first-order valence-electron chi connectivity index (χ1n) is 7.44. The molecule has 2 N–H and O–H groups in total. The van der Waals surface area contributed by atoms with E-state index >= 15 is 0 Å². The van der Waals surface area contributed by atoms with Crippen molar-refractivity contribution in [1.82, 2.24) is 5.32 Å². The SMILES string of the molecule is C[C@H](NCC(O)COC1CCCC1)c1ccccc1Cl. The van der Waals surface area contributed by atoms with E-state index in [0.29, 0.717) is 19.3 Å². The molecule has 0 spiro atoms. The summed E-state index contributed by atoms with van der Waals surface area (Å²) < 4.78 is 5.71. The van der Waals surface area contributed by atoms with Crippen LogP contribution in [0.2, 0.25) is 5.02 Å². The van der Waals surface area contributed by atoms with Crippen molar-refractivity contribution in [3.63, 3.8) is 0 Å². The molecule has 0 saturated heterocycles. The number of hydrogen-bond acceptors (Lipinski definition) is 3. The Kier molecular flexibility index (Phi) is 6.30. The molecular formula is C16H24ClNO2. The van der Waals surface area contributed by atoms with E-state index in [1.807, 2.05) is 31.2 Å². The summed E-state index contributed by atoms with van der Waals surface area (Å²) in [6, 6.07) is 7.89. The van der Waals surface area contributed by atoms with Crippen molar-refractivity contribution in [2.45, 2.75) is 50.9 Å². The fraction of sp³-hybridized carbons (Fsp3) is 0.625. The van der Waals surface area contributed by atoms with Gasteiger partial charge in [-0.05, 0) is 31.4 Å². The number of halogens is 1. The summed E-state index contributed by atoms with van der Waals surface area (Å²) in [5, 5.41) is 14.0. The Bertz CT molecular complexity index is 407. The molecule has 0 heterocycles. The predicted molar refractivity (Wildman–Crippen MR) is 82.1 cm³/mol. The van der Waals surface area contributed by atoms with Crippen molar-refractivity contribution in [3.05, 3.63) is 34.9 Å². The number of ether oxygens (including phenoxy) is 1. The number of aliphatic hydroxyl groups is 1. The average Bonchev–Trinajstić information content (AvgIpc) is 2.96. The Labute approximate surface area is 126 Å². The monoisotopic (exact) mass is 297 g/mol. The van der Waals surface area contributed by atoms with Gasteiger partial charge in [-0.2, -0.15) is 0 Å².